The average molecular weight is 356 g/mol. The Morgan fingerprint density at radius 1 is 1.23 bits per heavy atom. The number of nitrogens with one attached hydrogen (secondary N) is 1. The topological polar surface area (TPSA) is 38.3 Å². The Morgan fingerprint density at radius 3 is 2.82 bits per heavy atom. The lowest BCUT2D eigenvalue weighted by Gasteiger charge is -2.09. The Kier molecular flexibility index (Phi) is 4.91. The smallest absolute Gasteiger partial charge is 0.253 e. The summed E-state index contributed by atoms with van der Waals surface area (Å²) in [6, 6.07) is 7.79. The molecule has 0 atom stereocenters. The van der Waals surface area contributed by atoms with Crippen LogP contribution in [0.25, 0.3) is 0 Å². The number of halogens is 2. The minimum atomic E-state index is -0.231. The number of amides is 1. The number of fused-ring (bicyclic) bond motifs is 1. The second-order valence-corrected chi connectivity index (χ2v) is 7.41. The van der Waals surface area contributed by atoms with Crippen LogP contribution in [0.3, 0.4) is 0 Å². The second-order valence-electron chi connectivity index (χ2n) is 5.13. The van der Waals surface area contributed by atoms with E-state index in [4.69, 9.17) is 27.9 Å². The summed E-state index contributed by atoms with van der Waals surface area (Å²) in [5.74, 6) is 0.622. The van der Waals surface area contributed by atoms with Crippen molar-refractivity contribution in [2.75, 3.05) is 13.2 Å². The fraction of sp³-hybridized carbons (Fsp3) is 0.312. The van der Waals surface area contributed by atoms with Crippen LogP contribution < -0.4 is 10.1 Å². The summed E-state index contributed by atoms with van der Waals surface area (Å²) in [4.78, 5) is 11.9. The van der Waals surface area contributed by atoms with Gasteiger partial charge in [0.2, 0.25) is 0 Å². The Morgan fingerprint density at radius 2 is 2.05 bits per heavy atom. The van der Waals surface area contributed by atoms with Gasteiger partial charge >= 0.3 is 0 Å². The van der Waals surface area contributed by atoms with Crippen LogP contribution in [0.5, 0.6) is 5.75 Å². The van der Waals surface area contributed by atoms with E-state index in [1.807, 2.05) is 6.07 Å². The summed E-state index contributed by atoms with van der Waals surface area (Å²) >= 11 is 13.0. The highest BCUT2D eigenvalue weighted by atomic mass is 35.5. The molecule has 0 unspecified atom stereocenters. The zero-order chi connectivity index (χ0) is 15.5. The van der Waals surface area contributed by atoms with Gasteiger partial charge in [-0.3, -0.25) is 4.79 Å². The van der Waals surface area contributed by atoms with Crippen LogP contribution in [-0.4, -0.2) is 19.1 Å². The van der Waals surface area contributed by atoms with Crippen molar-refractivity contribution in [2.24, 2.45) is 0 Å². The van der Waals surface area contributed by atoms with Crippen molar-refractivity contribution in [1.29, 1.82) is 0 Å². The summed E-state index contributed by atoms with van der Waals surface area (Å²) in [5, 5.41) is 2.78. The van der Waals surface area contributed by atoms with E-state index in [0.29, 0.717) is 27.4 Å². The fourth-order valence-corrected chi connectivity index (χ4v) is 4.02. The lowest BCUT2D eigenvalue weighted by Crippen LogP contribution is -2.27. The minimum Gasteiger partial charge on any atom is -0.492 e. The predicted molar refractivity (Wildman–Crippen MR) is 90.6 cm³/mol. The molecule has 0 saturated carbocycles. The molecule has 0 spiro atoms. The third kappa shape index (κ3) is 3.57. The number of benzene rings is 1. The van der Waals surface area contributed by atoms with Crippen molar-refractivity contribution in [3.8, 4) is 5.75 Å². The van der Waals surface area contributed by atoms with Crippen molar-refractivity contribution in [3.63, 3.8) is 0 Å². The highest BCUT2D eigenvalue weighted by molar-refractivity contribution is 7.20. The molecule has 3 rings (SSSR count). The number of thiophene rings is 1. The molecule has 6 heteroatoms. The van der Waals surface area contributed by atoms with Crippen molar-refractivity contribution in [3.05, 3.63) is 49.6 Å². The summed E-state index contributed by atoms with van der Waals surface area (Å²) in [6.07, 6.45) is 3.51. The molecule has 0 saturated heterocycles. The highest BCUT2D eigenvalue weighted by Crippen LogP contribution is 2.31. The first-order valence-corrected chi connectivity index (χ1v) is 8.68. The molecule has 116 valence electrons. The van der Waals surface area contributed by atoms with Gasteiger partial charge in [0.1, 0.15) is 16.7 Å². The van der Waals surface area contributed by atoms with Gasteiger partial charge in [0, 0.05) is 0 Å². The first-order valence-electron chi connectivity index (χ1n) is 7.11. The number of aryl methyl sites for hydroxylation is 2. The molecule has 1 N–H and O–H groups in total. The molecular weight excluding hydrogens is 341 g/mol. The van der Waals surface area contributed by atoms with Gasteiger partial charge in [-0.15, -0.1) is 11.3 Å². The van der Waals surface area contributed by atoms with E-state index in [9.17, 15) is 4.79 Å². The zero-order valence-corrected chi connectivity index (χ0v) is 14.2. The van der Waals surface area contributed by atoms with Gasteiger partial charge in [-0.2, -0.15) is 0 Å². The van der Waals surface area contributed by atoms with Crippen molar-refractivity contribution >= 4 is 40.4 Å². The van der Waals surface area contributed by atoms with E-state index in [1.165, 1.54) is 28.9 Å². The van der Waals surface area contributed by atoms with E-state index < -0.39 is 0 Å². The third-order valence-corrected chi connectivity index (χ3v) is 5.12. The molecule has 2 aromatic rings. The van der Waals surface area contributed by atoms with Gasteiger partial charge in [0.05, 0.1) is 16.4 Å². The average Bonchev–Trinajstić information content (AvgIpc) is 3.08. The maximum absolute atomic E-state index is 11.9. The standard InChI is InChI=1S/C16H15Cl2NO2S/c17-14-9-13(15(18)22-14)16(20)19-6-7-21-12-5-4-10-2-1-3-11(10)8-12/h4-5,8-9H,1-3,6-7H2,(H,19,20). The lowest BCUT2D eigenvalue weighted by atomic mass is 10.1. The van der Waals surface area contributed by atoms with Gasteiger partial charge in [-0.05, 0) is 48.6 Å². The second kappa shape index (κ2) is 6.90. The molecule has 0 bridgehead atoms. The molecule has 1 aromatic carbocycles. The Hall–Kier alpha value is -1.23. The Bertz CT molecular complexity index is 699. The van der Waals surface area contributed by atoms with E-state index in [2.05, 4.69) is 17.4 Å². The third-order valence-electron chi connectivity index (χ3n) is 3.63. The quantitative estimate of drug-likeness (QED) is 0.809. The molecular formula is C16H15Cl2NO2S. The van der Waals surface area contributed by atoms with Crippen LogP contribution in [0.15, 0.2) is 24.3 Å². The van der Waals surface area contributed by atoms with Crippen molar-refractivity contribution < 1.29 is 9.53 Å². The summed E-state index contributed by atoms with van der Waals surface area (Å²) in [7, 11) is 0. The van der Waals surface area contributed by atoms with Crippen LogP contribution in [0.1, 0.15) is 27.9 Å². The number of carbonyl (C=O) groups is 1. The fourth-order valence-electron chi connectivity index (χ4n) is 2.56. The zero-order valence-electron chi connectivity index (χ0n) is 11.8. The molecule has 0 radical (unpaired) electrons. The first-order chi connectivity index (χ1) is 10.6. The number of hydrogen-bond donors (Lipinski definition) is 1. The van der Waals surface area contributed by atoms with E-state index in [-0.39, 0.29) is 5.91 Å². The van der Waals surface area contributed by atoms with Crippen LogP contribution in [-0.2, 0) is 12.8 Å². The maximum Gasteiger partial charge on any atom is 0.253 e. The number of carbonyl (C=O) groups excluding carboxylic acids is 1. The number of rotatable bonds is 5. The first kappa shape index (κ1) is 15.7. The Balaban J connectivity index is 1.47. The summed E-state index contributed by atoms with van der Waals surface area (Å²) in [5.41, 5.74) is 3.21. The monoisotopic (exact) mass is 355 g/mol. The highest BCUT2D eigenvalue weighted by Gasteiger charge is 2.14. The maximum atomic E-state index is 11.9. The molecule has 1 aromatic heterocycles. The van der Waals surface area contributed by atoms with Crippen LogP contribution in [0, 0.1) is 0 Å². The van der Waals surface area contributed by atoms with Gasteiger partial charge in [-0.1, -0.05) is 29.3 Å². The van der Waals surface area contributed by atoms with Gasteiger partial charge < -0.3 is 10.1 Å². The van der Waals surface area contributed by atoms with Crippen LogP contribution >= 0.6 is 34.5 Å². The largest absolute Gasteiger partial charge is 0.492 e. The Labute approximate surface area is 143 Å². The SMILES string of the molecule is O=C(NCCOc1ccc2c(c1)CCC2)c1cc(Cl)sc1Cl. The van der Waals surface area contributed by atoms with E-state index in [1.54, 1.807) is 6.07 Å². The minimum absolute atomic E-state index is 0.231. The normalized spacial score (nSPS) is 13.0. The van der Waals surface area contributed by atoms with Crippen molar-refractivity contribution in [1.82, 2.24) is 5.32 Å². The van der Waals surface area contributed by atoms with Gasteiger partial charge in [0.25, 0.3) is 5.91 Å². The van der Waals surface area contributed by atoms with Gasteiger partial charge in [-0.25, -0.2) is 0 Å². The van der Waals surface area contributed by atoms with Crippen LogP contribution in [0.4, 0.5) is 0 Å². The van der Waals surface area contributed by atoms with E-state index >= 15 is 0 Å². The van der Waals surface area contributed by atoms with E-state index in [0.717, 1.165) is 18.6 Å². The summed E-state index contributed by atoms with van der Waals surface area (Å²) in [6.45, 7) is 0.833. The molecule has 3 nitrogen and oxygen atoms in total. The molecule has 1 amide bonds. The summed E-state index contributed by atoms with van der Waals surface area (Å²) < 4.78 is 6.59. The lowest BCUT2D eigenvalue weighted by molar-refractivity contribution is 0.0947. The molecule has 1 heterocycles. The number of hydrogen-bond acceptors (Lipinski definition) is 3. The van der Waals surface area contributed by atoms with Crippen molar-refractivity contribution in [2.45, 2.75) is 19.3 Å². The number of ether oxygens (including phenoxy) is 1. The molecule has 0 fully saturated rings. The van der Waals surface area contributed by atoms with Crippen LogP contribution in [0.2, 0.25) is 8.67 Å². The van der Waals surface area contributed by atoms with Gasteiger partial charge in [0.15, 0.2) is 0 Å². The molecule has 22 heavy (non-hydrogen) atoms. The molecule has 1 aliphatic rings. The molecule has 0 aliphatic heterocycles. The molecule has 1 aliphatic carbocycles. The predicted octanol–water partition coefficient (Wildman–Crippen LogP) is 4.35.